The van der Waals surface area contributed by atoms with Gasteiger partial charge in [-0.25, -0.2) is 9.97 Å². The fourth-order valence-corrected chi connectivity index (χ4v) is 6.07. The minimum atomic E-state index is 0.557. The first kappa shape index (κ1) is 23.3. The van der Waals surface area contributed by atoms with E-state index in [9.17, 15) is 0 Å². The van der Waals surface area contributed by atoms with Crippen molar-refractivity contribution in [1.29, 1.82) is 0 Å². The number of thiophene rings is 1. The third kappa shape index (κ3) is 4.84. The third-order valence-electron chi connectivity index (χ3n) is 5.87. The van der Waals surface area contributed by atoms with Crippen LogP contribution in [0.4, 0.5) is 0 Å². The van der Waals surface area contributed by atoms with Crippen molar-refractivity contribution in [2.24, 2.45) is 0 Å². The summed E-state index contributed by atoms with van der Waals surface area (Å²) >= 11 is 3.27. The summed E-state index contributed by atoms with van der Waals surface area (Å²) in [5.41, 5.74) is 2.19. The highest BCUT2D eigenvalue weighted by atomic mass is 32.2. The van der Waals surface area contributed by atoms with Gasteiger partial charge in [0.2, 0.25) is 0 Å². The molecule has 1 fully saturated rings. The molecule has 0 aromatic carbocycles. The summed E-state index contributed by atoms with van der Waals surface area (Å²) in [5, 5.41) is 11.9. The Morgan fingerprint density at radius 2 is 1.91 bits per heavy atom. The van der Waals surface area contributed by atoms with E-state index in [1.54, 1.807) is 42.6 Å². The number of aryl methyl sites for hydroxylation is 2. The van der Waals surface area contributed by atoms with E-state index in [0.717, 1.165) is 63.9 Å². The van der Waals surface area contributed by atoms with Gasteiger partial charge in [-0.3, -0.25) is 14.5 Å². The van der Waals surface area contributed by atoms with Gasteiger partial charge in [0.15, 0.2) is 11.0 Å². The van der Waals surface area contributed by atoms with E-state index >= 15 is 0 Å². The minimum Gasteiger partial charge on any atom is -0.383 e. The zero-order valence-electron chi connectivity index (χ0n) is 19.5. The molecule has 1 saturated heterocycles. The maximum Gasteiger partial charge on any atom is 0.197 e. The minimum absolute atomic E-state index is 0.557. The average Bonchev–Trinajstić information content (AvgIpc) is 3.38. The van der Waals surface area contributed by atoms with Crippen LogP contribution in [0.15, 0.2) is 34.7 Å². The number of rotatable bonds is 8. The van der Waals surface area contributed by atoms with Gasteiger partial charge in [0.25, 0.3) is 0 Å². The van der Waals surface area contributed by atoms with Crippen molar-refractivity contribution in [2.75, 3.05) is 40.0 Å². The first-order valence-electron chi connectivity index (χ1n) is 11.2. The van der Waals surface area contributed by atoms with E-state index in [0.29, 0.717) is 19.7 Å². The van der Waals surface area contributed by atoms with Gasteiger partial charge in [0, 0.05) is 48.4 Å². The molecule has 4 aromatic rings. The zero-order chi connectivity index (χ0) is 23.5. The van der Waals surface area contributed by atoms with E-state index in [1.165, 1.54) is 10.4 Å². The predicted octanol–water partition coefficient (Wildman–Crippen LogP) is 3.59. The second-order valence-corrected chi connectivity index (χ2v) is 10.2. The molecule has 11 heteroatoms. The molecule has 34 heavy (non-hydrogen) atoms. The Balaban J connectivity index is 1.54. The molecule has 9 nitrogen and oxygen atoms in total. The van der Waals surface area contributed by atoms with Gasteiger partial charge in [-0.05, 0) is 43.3 Å². The summed E-state index contributed by atoms with van der Waals surface area (Å²) in [6.07, 6.45) is 3.53. The number of methoxy groups -OCH3 is 1. The maximum atomic E-state index is 5.50. The second-order valence-electron chi connectivity index (χ2n) is 8.09. The molecule has 0 spiro atoms. The number of morpholine rings is 1. The smallest absolute Gasteiger partial charge is 0.197 e. The van der Waals surface area contributed by atoms with Crippen molar-refractivity contribution in [1.82, 2.24) is 34.6 Å². The molecule has 0 saturated carbocycles. The fourth-order valence-electron chi connectivity index (χ4n) is 3.91. The lowest BCUT2D eigenvalue weighted by Gasteiger charge is -2.25. The van der Waals surface area contributed by atoms with Crippen LogP contribution in [0.3, 0.4) is 0 Å². The SMILES string of the molecule is COCCn1c(Sc2nc(CN3CCOCC3)nc3sc(C)c(C)c23)nnc1-c1ccncc1. The van der Waals surface area contributed by atoms with Crippen molar-refractivity contribution in [2.45, 2.75) is 37.1 Å². The highest BCUT2D eigenvalue weighted by molar-refractivity contribution is 7.99. The molecule has 0 aliphatic carbocycles. The maximum absolute atomic E-state index is 5.50. The summed E-state index contributed by atoms with van der Waals surface area (Å²) in [5.74, 6) is 1.62. The van der Waals surface area contributed by atoms with Crippen LogP contribution in [0.2, 0.25) is 0 Å². The molecule has 1 aliphatic rings. The van der Waals surface area contributed by atoms with E-state index < -0.39 is 0 Å². The molecular weight excluding hydrogens is 470 g/mol. The van der Waals surface area contributed by atoms with Crippen molar-refractivity contribution in [3.63, 3.8) is 0 Å². The van der Waals surface area contributed by atoms with Crippen molar-refractivity contribution >= 4 is 33.3 Å². The Morgan fingerprint density at radius 1 is 1.12 bits per heavy atom. The van der Waals surface area contributed by atoms with E-state index in [1.807, 2.05) is 12.1 Å². The highest BCUT2D eigenvalue weighted by Gasteiger charge is 2.21. The van der Waals surface area contributed by atoms with Crippen LogP contribution in [0.5, 0.6) is 0 Å². The van der Waals surface area contributed by atoms with Gasteiger partial charge >= 0.3 is 0 Å². The van der Waals surface area contributed by atoms with Gasteiger partial charge < -0.3 is 9.47 Å². The summed E-state index contributed by atoms with van der Waals surface area (Å²) in [6.45, 7) is 9.48. The van der Waals surface area contributed by atoms with Crippen LogP contribution in [0.25, 0.3) is 21.6 Å². The molecule has 0 N–H and O–H groups in total. The standard InChI is InChI=1S/C23H27N7O2S2/c1-15-16(2)33-21-19(15)22(26-18(25-21)14-29-8-12-32-13-9-29)34-23-28-27-20(30(23)10-11-31-3)17-4-6-24-7-5-17/h4-7H,8-14H2,1-3H3. The van der Waals surface area contributed by atoms with Crippen LogP contribution in [-0.2, 0) is 22.6 Å². The number of hydrogen-bond donors (Lipinski definition) is 0. The molecule has 5 rings (SSSR count). The second kappa shape index (κ2) is 10.4. The molecule has 0 bridgehead atoms. The summed E-state index contributed by atoms with van der Waals surface area (Å²) in [4.78, 5) is 18.7. The summed E-state index contributed by atoms with van der Waals surface area (Å²) in [7, 11) is 1.70. The number of aromatic nitrogens is 6. The van der Waals surface area contributed by atoms with Gasteiger partial charge in [-0.15, -0.1) is 21.5 Å². The van der Waals surface area contributed by atoms with E-state index in [-0.39, 0.29) is 0 Å². The first-order chi connectivity index (χ1) is 16.6. The Morgan fingerprint density at radius 3 is 2.68 bits per heavy atom. The fraction of sp³-hybridized carbons (Fsp3) is 0.435. The van der Waals surface area contributed by atoms with Gasteiger partial charge in [0.1, 0.15) is 15.7 Å². The number of fused-ring (bicyclic) bond motifs is 1. The van der Waals surface area contributed by atoms with Crippen molar-refractivity contribution in [3.05, 3.63) is 40.8 Å². The lowest BCUT2D eigenvalue weighted by atomic mass is 10.2. The van der Waals surface area contributed by atoms with Gasteiger partial charge in [0.05, 0.1) is 32.9 Å². The van der Waals surface area contributed by atoms with Crippen LogP contribution in [0, 0.1) is 13.8 Å². The Kier molecular flexibility index (Phi) is 7.16. The van der Waals surface area contributed by atoms with Gasteiger partial charge in [-0.1, -0.05) is 0 Å². The molecule has 0 amide bonds. The molecule has 5 heterocycles. The molecule has 1 aliphatic heterocycles. The molecule has 0 atom stereocenters. The van der Waals surface area contributed by atoms with Crippen LogP contribution >= 0.6 is 23.1 Å². The number of pyridine rings is 1. The number of nitrogens with zero attached hydrogens (tertiary/aromatic N) is 7. The molecular formula is C23H27N7O2S2. The van der Waals surface area contributed by atoms with Gasteiger partial charge in [-0.2, -0.15) is 0 Å². The monoisotopic (exact) mass is 497 g/mol. The summed E-state index contributed by atoms with van der Waals surface area (Å²) in [6, 6.07) is 3.88. The Labute approximate surface area is 206 Å². The van der Waals surface area contributed by atoms with Crippen molar-refractivity contribution < 1.29 is 9.47 Å². The largest absolute Gasteiger partial charge is 0.383 e. The molecule has 0 unspecified atom stereocenters. The first-order valence-corrected chi connectivity index (χ1v) is 12.8. The van der Waals surface area contributed by atoms with Crippen LogP contribution in [-0.4, -0.2) is 74.6 Å². The lowest BCUT2D eigenvalue weighted by Crippen LogP contribution is -2.36. The number of hydrogen-bond acceptors (Lipinski definition) is 10. The highest BCUT2D eigenvalue weighted by Crippen LogP contribution is 2.38. The Bertz CT molecular complexity index is 1270. The third-order valence-corrected chi connectivity index (χ3v) is 7.95. The van der Waals surface area contributed by atoms with E-state index in [2.05, 4.69) is 38.5 Å². The molecule has 178 valence electrons. The van der Waals surface area contributed by atoms with Crippen molar-refractivity contribution in [3.8, 4) is 11.4 Å². The van der Waals surface area contributed by atoms with Crippen LogP contribution < -0.4 is 0 Å². The summed E-state index contributed by atoms with van der Waals surface area (Å²) < 4.78 is 13.0. The normalized spacial score (nSPS) is 14.8. The molecule has 0 radical (unpaired) electrons. The average molecular weight is 498 g/mol. The van der Waals surface area contributed by atoms with Crippen LogP contribution in [0.1, 0.15) is 16.3 Å². The number of ether oxygens (including phenoxy) is 2. The Hall–Kier alpha value is -2.44. The zero-order valence-corrected chi connectivity index (χ0v) is 21.2. The quantitative estimate of drug-likeness (QED) is 0.339. The molecule has 4 aromatic heterocycles. The lowest BCUT2D eigenvalue weighted by molar-refractivity contribution is 0.0330. The van der Waals surface area contributed by atoms with E-state index in [4.69, 9.17) is 19.4 Å². The topological polar surface area (TPSA) is 91.1 Å². The predicted molar refractivity (Wildman–Crippen MR) is 132 cm³/mol.